The van der Waals surface area contributed by atoms with Crippen molar-refractivity contribution >= 4 is 27.7 Å². The normalized spacial score (nSPS) is 11.1. The molecule has 0 saturated carbocycles. The second-order valence-corrected chi connectivity index (χ2v) is 5.42. The van der Waals surface area contributed by atoms with Gasteiger partial charge in [0.25, 0.3) is 5.22 Å². The molecule has 92 valence electrons. The highest BCUT2D eigenvalue weighted by molar-refractivity contribution is 9.10. The van der Waals surface area contributed by atoms with Crippen molar-refractivity contribution in [3.05, 3.63) is 27.8 Å². The molecule has 0 aliphatic rings. The molecule has 0 atom stereocenters. The van der Waals surface area contributed by atoms with Crippen LogP contribution in [0.25, 0.3) is 0 Å². The summed E-state index contributed by atoms with van der Waals surface area (Å²) in [5.74, 6) is 0.801. The van der Waals surface area contributed by atoms with Crippen molar-refractivity contribution in [1.82, 2.24) is 14.8 Å². The highest BCUT2D eigenvalue weighted by Crippen LogP contribution is 2.28. The van der Waals surface area contributed by atoms with E-state index in [1.165, 1.54) is 5.69 Å². The maximum Gasteiger partial charge on any atom is 0.256 e. The van der Waals surface area contributed by atoms with Gasteiger partial charge in [-0.2, -0.15) is 5.10 Å². The number of thioether (sulfide) groups is 1. The predicted molar refractivity (Wildman–Crippen MR) is 71.1 cm³/mol. The third-order valence-electron chi connectivity index (χ3n) is 2.38. The van der Waals surface area contributed by atoms with Crippen LogP contribution in [0.15, 0.2) is 20.4 Å². The van der Waals surface area contributed by atoms with Gasteiger partial charge in [0, 0.05) is 12.3 Å². The minimum absolute atomic E-state index is 0.705. The van der Waals surface area contributed by atoms with Crippen LogP contribution < -0.4 is 0 Å². The van der Waals surface area contributed by atoms with Crippen molar-refractivity contribution in [2.45, 2.75) is 38.3 Å². The van der Waals surface area contributed by atoms with Gasteiger partial charge in [-0.15, -0.1) is 0 Å². The lowest BCUT2D eigenvalue weighted by molar-refractivity contribution is 0.453. The minimum atomic E-state index is 0.705. The highest BCUT2D eigenvalue weighted by atomic mass is 79.9. The fourth-order valence-electron chi connectivity index (χ4n) is 1.54. The van der Waals surface area contributed by atoms with E-state index in [1.807, 2.05) is 18.5 Å². The topological polar surface area (TPSA) is 43.9 Å². The van der Waals surface area contributed by atoms with Crippen LogP contribution in [0.5, 0.6) is 0 Å². The third kappa shape index (κ3) is 2.74. The summed E-state index contributed by atoms with van der Waals surface area (Å²) in [5, 5.41) is 5.16. The largest absolute Gasteiger partial charge is 0.440 e. The van der Waals surface area contributed by atoms with Gasteiger partial charge in [-0.05, 0) is 36.7 Å². The van der Waals surface area contributed by atoms with E-state index in [9.17, 15) is 0 Å². The van der Waals surface area contributed by atoms with Gasteiger partial charge in [-0.1, -0.05) is 11.8 Å². The van der Waals surface area contributed by atoms with Gasteiger partial charge in [0.2, 0.25) is 0 Å². The van der Waals surface area contributed by atoms with Gasteiger partial charge in [0.1, 0.15) is 6.26 Å². The van der Waals surface area contributed by atoms with E-state index in [1.54, 1.807) is 18.0 Å². The molecule has 0 amide bonds. The standard InChI is InChI=1S/C11H14BrN3OS/c1-4-15-9(10(12)8(3)14-15)6-17-11-13-7(2)5-16-11/h5H,4,6H2,1-3H3. The summed E-state index contributed by atoms with van der Waals surface area (Å²) in [4.78, 5) is 4.27. The first-order valence-electron chi connectivity index (χ1n) is 5.38. The summed E-state index contributed by atoms with van der Waals surface area (Å²) in [6.07, 6.45) is 1.67. The molecule has 0 saturated heterocycles. The van der Waals surface area contributed by atoms with Crippen molar-refractivity contribution in [3.63, 3.8) is 0 Å². The predicted octanol–water partition coefficient (Wildman–Crippen LogP) is 3.56. The quantitative estimate of drug-likeness (QED) is 0.809. The third-order valence-corrected chi connectivity index (χ3v) is 4.27. The summed E-state index contributed by atoms with van der Waals surface area (Å²) in [6.45, 7) is 6.87. The average molecular weight is 316 g/mol. The molecular weight excluding hydrogens is 302 g/mol. The molecule has 0 bridgehead atoms. The van der Waals surface area contributed by atoms with E-state index in [2.05, 4.69) is 32.9 Å². The van der Waals surface area contributed by atoms with Crippen LogP contribution in [0, 0.1) is 13.8 Å². The molecule has 0 N–H and O–H groups in total. The number of oxazole rings is 1. The number of rotatable bonds is 4. The number of hydrogen-bond acceptors (Lipinski definition) is 4. The summed E-state index contributed by atoms with van der Waals surface area (Å²) in [7, 11) is 0. The maximum atomic E-state index is 5.31. The molecule has 4 nitrogen and oxygen atoms in total. The van der Waals surface area contributed by atoms with Crippen LogP contribution in [0.4, 0.5) is 0 Å². The van der Waals surface area contributed by atoms with E-state index in [4.69, 9.17) is 4.42 Å². The zero-order valence-electron chi connectivity index (χ0n) is 10.0. The van der Waals surface area contributed by atoms with E-state index in [0.717, 1.165) is 28.2 Å². The van der Waals surface area contributed by atoms with Crippen LogP contribution in [-0.4, -0.2) is 14.8 Å². The number of halogens is 1. The first kappa shape index (κ1) is 12.7. The number of hydrogen-bond donors (Lipinski definition) is 0. The second-order valence-electron chi connectivity index (χ2n) is 3.71. The molecule has 0 aliphatic carbocycles. The zero-order valence-corrected chi connectivity index (χ0v) is 12.4. The van der Waals surface area contributed by atoms with Crippen LogP contribution in [0.1, 0.15) is 24.0 Å². The first-order valence-corrected chi connectivity index (χ1v) is 7.16. The van der Waals surface area contributed by atoms with Crippen molar-refractivity contribution in [2.75, 3.05) is 0 Å². The fourth-order valence-corrected chi connectivity index (χ4v) is 3.02. The fraction of sp³-hybridized carbons (Fsp3) is 0.455. The molecular formula is C11H14BrN3OS. The van der Waals surface area contributed by atoms with Crippen molar-refractivity contribution in [2.24, 2.45) is 0 Å². The Kier molecular flexibility index (Phi) is 3.93. The van der Waals surface area contributed by atoms with Gasteiger partial charge in [-0.25, -0.2) is 4.98 Å². The highest BCUT2D eigenvalue weighted by Gasteiger charge is 2.13. The monoisotopic (exact) mass is 315 g/mol. The smallest absolute Gasteiger partial charge is 0.256 e. The Labute approximate surface area is 113 Å². The second kappa shape index (κ2) is 5.27. The van der Waals surface area contributed by atoms with Crippen LogP contribution >= 0.6 is 27.7 Å². The minimum Gasteiger partial charge on any atom is -0.440 e. The molecule has 0 fully saturated rings. The number of aryl methyl sites for hydroxylation is 3. The molecule has 0 spiro atoms. The van der Waals surface area contributed by atoms with Crippen molar-refractivity contribution < 1.29 is 4.42 Å². The summed E-state index contributed by atoms with van der Waals surface area (Å²) >= 11 is 5.16. The maximum absolute atomic E-state index is 5.31. The summed E-state index contributed by atoms with van der Waals surface area (Å²) in [6, 6.07) is 0. The number of aromatic nitrogens is 3. The van der Waals surface area contributed by atoms with Gasteiger partial charge in [0.15, 0.2) is 0 Å². The van der Waals surface area contributed by atoms with Crippen LogP contribution in [0.3, 0.4) is 0 Å². The molecule has 0 aromatic carbocycles. The van der Waals surface area contributed by atoms with E-state index >= 15 is 0 Å². The Morgan fingerprint density at radius 1 is 1.47 bits per heavy atom. The lowest BCUT2D eigenvalue weighted by Gasteiger charge is -2.03. The zero-order chi connectivity index (χ0) is 12.4. The summed E-state index contributed by atoms with van der Waals surface area (Å²) < 4.78 is 8.39. The molecule has 17 heavy (non-hydrogen) atoms. The lowest BCUT2D eigenvalue weighted by Crippen LogP contribution is -2.01. The van der Waals surface area contributed by atoms with Gasteiger partial charge >= 0.3 is 0 Å². The van der Waals surface area contributed by atoms with Gasteiger partial charge in [0.05, 0.1) is 21.6 Å². The van der Waals surface area contributed by atoms with Crippen molar-refractivity contribution in [1.29, 1.82) is 0 Å². The Morgan fingerprint density at radius 2 is 2.24 bits per heavy atom. The Bertz CT molecular complexity index is 521. The first-order chi connectivity index (χ1) is 8.11. The van der Waals surface area contributed by atoms with E-state index in [-0.39, 0.29) is 0 Å². The van der Waals surface area contributed by atoms with Gasteiger partial charge < -0.3 is 4.42 Å². The van der Waals surface area contributed by atoms with Crippen LogP contribution in [0.2, 0.25) is 0 Å². The molecule has 0 radical (unpaired) electrons. The van der Waals surface area contributed by atoms with Crippen LogP contribution in [-0.2, 0) is 12.3 Å². The Balaban J connectivity index is 2.13. The lowest BCUT2D eigenvalue weighted by atomic mass is 10.4. The Hall–Kier alpha value is -0.750. The molecule has 2 heterocycles. The van der Waals surface area contributed by atoms with E-state index in [0.29, 0.717) is 5.22 Å². The molecule has 0 aliphatic heterocycles. The summed E-state index contributed by atoms with van der Waals surface area (Å²) in [5.41, 5.74) is 3.10. The van der Waals surface area contributed by atoms with Gasteiger partial charge in [-0.3, -0.25) is 4.68 Å². The van der Waals surface area contributed by atoms with Crippen molar-refractivity contribution in [3.8, 4) is 0 Å². The molecule has 2 rings (SSSR count). The number of nitrogens with zero attached hydrogens (tertiary/aromatic N) is 3. The molecule has 2 aromatic rings. The SMILES string of the molecule is CCn1nc(C)c(Br)c1CSc1nc(C)co1. The molecule has 6 heteroatoms. The Morgan fingerprint density at radius 3 is 2.82 bits per heavy atom. The molecule has 0 unspecified atom stereocenters. The van der Waals surface area contributed by atoms with E-state index < -0.39 is 0 Å². The molecule has 2 aromatic heterocycles. The average Bonchev–Trinajstić information content (AvgIpc) is 2.83.